The van der Waals surface area contributed by atoms with E-state index in [2.05, 4.69) is 10.3 Å². The second-order valence-electron chi connectivity index (χ2n) is 5.07. The number of morpholine rings is 1. The molecule has 1 aromatic heterocycles. The van der Waals surface area contributed by atoms with Gasteiger partial charge in [-0.25, -0.2) is 4.98 Å². The largest absolute Gasteiger partial charge is 0.493 e. The number of para-hydroxylation sites is 1. The van der Waals surface area contributed by atoms with Crippen LogP contribution in [0.4, 0.5) is 0 Å². The number of thiazole rings is 1. The Morgan fingerprint density at radius 2 is 2.05 bits per heavy atom. The summed E-state index contributed by atoms with van der Waals surface area (Å²) in [4.78, 5) is 7.13. The van der Waals surface area contributed by atoms with Gasteiger partial charge in [0.25, 0.3) is 0 Å². The first-order valence-electron chi connectivity index (χ1n) is 7.27. The van der Waals surface area contributed by atoms with Crippen molar-refractivity contribution in [1.29, 1.82) is 0 Å². The molecule has 22 heavy (non-hydrogen) atoms. The first kappa shape index (κ1) is 15.3. The third kappa shape index (κ3) is 3.24. The molecule has 2 heterocycles. The highest BCUT2D eigenvalue weighted by atomic mass is 32.1. The predicted molar refractivity (Wildman–Crippen MR) is 86.8 cm³/mol. The molecule has 118 valence electrons. The van der Waals surface area contributed by atoms with Gasteiger partial charge in [0.1, 0.15) is 5.01 Å². The summed E-state index contributed by atoms with van der Waals surface area (Å²) < 4.78 is 16.2. The van der Waals surface area contributed by atoms with Crippen molar-refractivity contribution in [1.82, 2.24) is 9.88 Å². The normalized spacial score (nSPS) is 15.7. The van der Waals surface area contributed by atoms with E-state index in [1.54, 1.807) is 25.6 Å². The lowest BCUT2D eigenvalue weighted by molar-refractivity contribution is 0.0337. The van der Waals surface area contributed by atoms with Crippen molar-refractivity contribution in [2.24, 2.45) is 0 Å². The third-order valence-corrected chi connectivity index (χ3v) is 4.60. The first-order chi connectivity index (χ1) is 10.8. The average molecular weight is 320 g/mol. The Morgan fingerprint density at radius 3 is 2.77 bits per heavy atom. The van der Waals surface area contributed by atoms with E-state index >= 15 is 0 Å². The van der Waals surface area contributed by atoms with Gasteiger partial charge in [0.05, 0.1) is 38.7 Å². The summed E-state index contributed by atoms with van der Waals surface area (Å²) in [6.07, 6.45) is 0. The summed E-state index contributed by atoms with van der Waals surface area (Å²) in [6.45, 7) is 4.41. The van der Waals surface area contributed by atoms with Gasteiger partial charge in [0, 0.05) is 25.0 Å². The molecule has 1 aliphatic rings. The van der Waals surface area contributed by atoms with Crippen molar-refractivity contribution >= 4 is 11.3 Å². The van der Waals surface area contributed by atoms with Crippen molar-refractivity contribution in [3.05, 3.63) is 29.3 Å². The Kier molecular flexibility index (Phi) is 4.92. The van der Waals surface area contributed by atoms with Crippen molar-refractivity contribution in [2.45, 2.75) is 6.54 Å². The molecule has 0 bridgehead atoms. The molecule has 0 spiro atoms. The van der Waals surface area contributed by atoms with Crippen molar-refractivity contribution < 1.29 is 14.2 Å². The van der Waals surface area contributed by atoms with Crippen LogP contribution in [-0.4, -0.2) is 50.4 Å². The molecular weight excluding hydrogens is 300 g/mol. The van der Waals surface area contributed by atoms with E-state index in [0.29, 0.717) is 0 Å². The molecule has 5 nitrogen and oxygen atoms in total. The highest BCUT2D eigenvalue weighted by Crippen LogP contribution is 2.39. The van der Waals surface area contributed by atoms with Crippen LogP contribution >= 0.6 is 11.3 Å². The van der Waals surface area contributed by atoms with Crippen LogP contribution in [0.2, 0.25) is 0 Å². The van der Waals surface area contributed by atoms with E-state index in [1.807, 2.05) is 18.2 Å². The zero-order valence-corrected chi connectivity index (χ0v) is 13.7. The van der Waals surface area contributed by atoms with Crippen LogP contribution in [0.25, 0.3) is 10.6 Å². The van der Waals surface area contributed by atoms with Gasteiger partial charge in [-0.15, -0.1) is 11.3 Å². The SMILES string of the molecule is COc1cccc(-c2nc(CN3CCOCC3)cs2)c1OC. The lowest BCUT2D eigenvalue weighted by Gasteiger charge is -2.25. The Hall–Kier alpha value is -1.63. The molecule has 2 aromatic rings. The smallest absolute Gasteiger partial charge is 0.170 e. The van der Waals surface area contributed by atoms with Gasteiger partial charge >= 0.3 is 0 Å². The molecule has 0 atom stereocenters. The summed E-state index contributed by atoms with van der Waals surface area (Å²) >= 11 is 1.64. The minimum absolute atomic E-state index is 0.727. The number of hydrogen-bond donors (Lipinski definition) is 0. The molecule has 0 saturated carbocycles. The maximum Gasteiger partial charge on any atom is 0.170 e. The zero-order chi connectivity index (χ0) is 15.4. The summed E-state index contributed by atoms with van der Waals surface area (Å²) in [6, 6.07) is 5.86. The molecule has 3 rings (SSSR count). The van der Waals surface area contributed by atoms with Gasteiger partial charge in [0.15, 0.2) is 11.5 Å². The maximum absolute atomic E-state index is 5.50. The second kappa shape index (κ2) is 7.09. The van der Waals surface area contributed by atoms with Crippen LogP contribution < -0.4 is 9.47 Å². The minimum atomic E-state index is 0.727. The second-order valence-corrected chi connectivity index (χ2v) is 5.93. The Morgan fingerprint density at radius 1 is 1.23 bits per heavy atom. The molecule has 6 heteroatoms. The monoisotopic (exact) mass is 320 g/mol. The lowest BCUT2D eigenvalue weighted by Crippen LogP contribution is -2.35. The van der Waals surface area contributed by atoms with Gasteiger partial charge in [-0.05, 0) is 12.1 Å². The summed E-state index contributed by atoms with van der Waals surface area (Å²) in [7, 11) is 3.30. The lowest BCUT2D eigenvalue weighted by atomic mass is 10.2. The molecule has 1 aromatic carbocycles. The van der Waals surface area contributed by atoms with Gasteiger partial charge < -0.3 is 14.2 Å². The van der Waals surface area contributed by atoms with E-state index in [9.17, 15) is 0 Å². The highest BCUT2D eigenvalue weighted by molar-refractivity contribution is 7.13. The van der Waals surface area contributed by atoms with Crippen LogP contribution in [-0.2, 0) is 11.3 Å². The predicted octanol–water partition coefficient (Wildman–Crippen LogP) is 2.66. The maximum atomic E-state index is 5.50. The molecule has 0 amide bonds. The topological polar surface area (TPSA) is 43.8 Å². The van der Waals surface area contributed by atoms with Crippen molar-refractivity contribution in [3.63, 3.8) is 0 Å². The summed E-state index contributed by atoms with van der Waals surface area (Å²) in [5.74, 6) is 1.46. The van der Waals surface area contributed by atoms with E-state index in [0.717, 1.165) is 60.6 Å². The molecule has 1 fully saturated rings. The Balaban J connectivity index is 1.81. The van der Waals surface area contributed by atoms with Crippen LogP contribution in [0.5, 0.6) is 11.5 Å². The molecule has 0 aliphatic carbocycles. The van der Waals surface area contributed by atoms with E-state index in [-0.39, 0.29) is 0 Å². The number of hydrogen-bond acceptors (Lipinski definition) is 6. The fraction of sp³-hybridized carbons (Fsp3) is 0.438. The number of benzene rings is 1. The van der Waals surface area contributed by atoms with Crippen LogP contribution in [0.3, 0.4) is 0 Å². The van der Waals surface area contributed by atoms with E-state index < -0.39 is 0 Å². The van der Waals surface area contributed by atoms with Crippen LogP contribution in [0.1, 0.15) is 5.69 Å². The van der Waals surface area contributed by atoms with Gasteiger partial charge in [-0.3, -0.25) is 4.90 Å². The molecule has 1 aliphatic heterocycles. The molecule has 0 N–H and O–H groups in total. The standard InChI is InChI=1S/C16H20N2O3S/c1-19-14-5-3-4-13(15(14)20-2)16-17-12(11-22-16)10-18-6-8-21-9-7-18/h3-5,11H,6-10H2,1-2H3. The quantitative estimate of drug-likeness (QED) is 0.847. The Labute approximate surface area is 134 Å². The van der Waals surface area contributed by atoms with Crippen molar-refractivity contribution in [3.8, 4) is 22.1 Å². The number of methoxy groups -OCH3 is 2. The van der Waals surface area contributed by atoms with Gasteiger partial charge in [-0.1, -0.05) is 6.07 Å². The number of aromatic nitrogens is 1. The first-order valence-corrected chi connectivity index (χ1v) is 8.15. The third-order valence-electron chi connectivity index (χ3n) is 3.67. The van der Waals surface area contributed by atoms with E-state index in [4.69, 9.17) is 19.2 Å². The highest BCUT2D eigenvalue weighted by Gasteiger charge is 2.16. The fourth-order valence-electron chi connectivity index (χ4n) is 2.55. The van der Waals surface area contributed by atoms with Crippen molar-refractivity contribution in [2.75, 3.05) is 40.5 Å². The Bertz CT molecular complexity index is 624. The zero-order valence-electron chi connectivity index (χ0n) is 12.9. The average Bonchev–Trinajstić information content (AvgIpc) is 3.03. The van der Waals surface area contributed by atoms with Crippen LogP contribution in [0.15, 0.2) is 23.6 Å². The van der Waals surface area contributed by atoms with Gasteiger partial charge in [-0.2, -0.15) is 0 Å². The molecule has 0 radical (unpaired) electrons. The summed E-state index contributed by atoms with van der Waals surface area (Å²) in [5.41, 5.74) is 2.06. The van der Waals surface area contributed by atoms with E-state index in [1.165, 1.54) is 0 Å². The molecule has 0 unspecified atom stereocenters. The number of nitrogens with zero attached hydrogens (tertiary/aromatic N) is 2. The van der Waals surface area contributed by atoms with Gasteiger partial charge in [0.2, 0.25) is 0 Å². The van der Waals surface area contributed by atoms with Crippen LogP contribution in [0, 0.1) is 0 Å². The minimum Gasteiger partial charge on any atom is -0.493 e. The fourth-order valence-corrected chi connectivity index (χ4v) is 3.38. The molecule has 1 saturated heterocycles. The number of rotatable bonds is 5. The number of ether oxygens (including phenoxy) is 3. The summed E-state index contributed by atoms with van der Waals surface area (Å²) in [5, 5.41) is 3.07. The molecular formula is C16H20N2O3S.